The van der Waals surface area contributed by atoms with Crippen molar-refractivity contribution in [2.24, 2.45) is 0 Å². The minimum absolute atomic E-state index is 0.0817. The van der Waals surface area contributed by atoms with Gasteiger partial charge in [-0.15, -0.1) is 11.3 Å². The van der Waals surface area contributed by atoms with Gasteiger partial charge in [-0.3, -0.25) is 20.4 Å². The summed E-state index contributed by atoms with van der Waals surface area (Å²) in [6.07, 6.45) is 0.0817. The van der Waals surface area contributed by atoms with Crippen LogP contribution in [-0.4, -0.2) is 22.0 Å². The number of hydrazine groups is 1. The lowest BCUT2D eigenvalue weighted by molar-refractivity contribution is -0.121. The van der Waals surface area contributed by atoms with Crippen LogP contribution >= 0.6 is 11.3 Å². The van der Waals surface area contributed by atoms with Crippen molar-refractivity contribution in [2.75, 3.05) is 0 Å². The number of rotatable bonds is 4. The molecule has 0 aliphatic heterocycles. The number of hydrogen-bond acceptors (Lipinski definition) is 6. The van der Waals surface area contributed by atoms with E-state index < -0.39 is 5.91 Å². The first-order valence-electron chi connectivity index (χ1n) is 7.99. The average Bonchev–Trinajstić information content (AvgIpc) is 3.18. The van der Waals surface area contributed by atoms with Gasteiger partial charge >= 0.3 is 0 Å². The summed E-state index contributed by atoms with van der Waals surface area (Å²) in [5, 5.41) is 4.57. The topological polar surface area (TPSA) is 97.1 Å². The molecule has 3 aromatic rings. The number of benzene rings is 1. The fraction of sp³-hybridized carbons (Fsp3) is 0.222. The molecule has 3 rings (SSSR count). The van der Waals surface area contributed by atoms with Gasteiger partial charge in [0, 0.05) is 11.1 Å². The number of aryl methyl sites for hydroxylation is 3. The Morgan fingerprint density at radius 1 is 1.08 bits per heavy atom. The Labute approximate surface area is 154 Å². The number of nitrogens with zero attached hydrogens (tertiary/aromatic N) is 2. The highest BCUT2D eigenvalue weighted by molar-refractivity contribution is 7.17. The molecule has 8 heteroatoms. The van der Waals surface area contributed by atoms with E-state index in [-0.39, 0.29) is 12.3 Å². The second kappa shape index (κ2) is 7.49. The quantitative estimate of drug-likeness (QED) is 0.688. The number of amides is 2. The number of carbonyl (C=O) groups is 2. The summed E-state index contributed by atoms with van der Waals surface area (Å²) in [4.78, 5) is 29.3. The third-order valence-electron chi connectivity index (χ3n) is 3.86. The smallest absolute Gasteiger partial charge is 0.281 e. The molecule has 2 amide bonds. The molecule has 0 atom stereocenters. The van der Waals surface area contributed by atoms with Crippen LogP contribution in [0.25, 0.3) is 10.6 Å². The van der Waals surface area contributed by atoms with Crippen LogP contribution in [0.2, 0.25) is 0 Å². The Hall–Kier alpha value is -3.00. The normalized spacial score (nSPS) is 10.6. The van der Waals surface area contributed by atoms with Crippen LogP contribution in [0.15, 0.2) is 34.9 Å². The molecule has 0 saturated carbocycles. The van der Waals surface area contributed by atoms with Gasteiger partial charge in [0.15, 0.2) is 0 Å². The van der Waals surface area contributed by atoms with Crippen molar-refractivity contribution < 1.29 is 14.1 Å². The fourth-order valence-corrected chi connectivity index (χ4v) is 3.42. The van der Waals surface area contributed by atoms with Crippen molar-refractivity contribution >= 4 is 23.2 Å². The van der Waals surface area contributed by atoms with Crippen LogP contribution in [0.4, 0.5) is 0 Å². The van der Waals surface area contributed by atoms with Crippen LogP contribution in [0, 0.1) is 20.8 Å². The lowest BCUT2D eigenvalue weighted by atomic mass is 10.1. The molecule has 26 heavy (non-hydrogen) atoms. The Balaban J connectivity index is 1.63. The number of nitrogens with one attached hydrogen (secondary N) is 2. The van der Waals surface area contributed by atoms with Crippen molar-refractivity contribution in [3.63, 3.8) is 0 Å². The molecule has 0 fully saturated rings. The Bertz CT molecular complexity index is 927. The van der Waals surface area contributed by atoms with Crippen LogP contribution in [-0.2, 0) is 11.2 Å². The van der Waals surface area contributed by atoms with Gasteiger partial charge in [-0.2, -0.15) is 0 Å². The first-order chi connectivity index (χ1) is 12.5. The van der Waals surface area contributed by atoms with Gasteiger partial charge < -0.3 is 4.52 Å². The lowest BCUT2D eigenvalue weighted by Gasteiger charge is -2.06. The average molecular weight is 370 g/mol. The number of aromatic nitrogens is 2. The minimum atomic E-state index is -0.394. The SMILES string of the molecule is Cc1nc(-c2ccccc2)sc1C(=O)NNC(=O)Cc1c(C)noc1C. The highest BCUT2D eigenvalue weighted by atomic mass is 32.1. The summed E-state index contributed by atoms with van der Waals surface area (Å²) in [5.74, 6) is -0.151. The van der Waals surface area contributed by atoms with Crippen molar-refractivity contribution in [2.45, 2.75) is 27.2 Å². The van der Waals surface area contributed by atoms with Crippen molar-refractivity contribution in [3.8, 4) is 10.6 Å². The molecule has 0 saturated heterocycles. The predicted molar refractivity (Wildman–Crippen MR) is 97.6 cm³/mol. The second-order valence-corrected chi connectivity index (χ2v) is 6.78. The van der Waals surface area contributed by atoms with E-state index in [1.165, 1.54) is 11.3 Å². The third kappa shape index (κ3) is 3.80. The van der Waals surface area contributed by atoms with E-state index in [0.717, 1.165) is 16.1 Å². The molecule has 1 aromatic carbocycles. The first kappa shape index (κ1) is 17.8. The van der Waals surface area contributed by atoms with E-state index in [1.54, 1.807) is 20.8 Å². The summed E-state index contributed by atoms with van der Waals surface area (Å²) in [7, 11) is 0. The summed E-state index contributed by atoms with van der Waals surface area (Å²) >= 11 is 1.28. The van der Waals surface area contributed by atoms with Crippen LogP contribution < -0.4 is 10.9 Å². The molecular weight excluding hydrogens is 352 g/mol. The summed E-state index contributed by atoms with van der Waals surface area (Å²) in [6.45, 7) is 5.28. The van der Waals surface area contributed by atoms with Crippen molar-refractivity contribution in [1.82, 2.24) is 21.0 Å². The molecule has 0 spiro atoms. The third-order valence-corrected chi connectivity index (χ3v) is 5.06. The van der Waals surface area contributed by atoms with E-state index >= 15 is 0 Å². The van der Waals surface area contributed by atoms with Crippen LogP contribution in [0.3, 0.4) is 0 Å². The fourth-order valence-electron chi connectivity index (χ4n) is 2.45. The molecule has 0 unspecified atom stereocenters. The maximum atomic E-state index is 12.4. The first-order valence-corrected chi connectivity index (χ1v) is 8.81. The van der Waals surface area contributed by atoms with E-state index in [9.17, 15) is 9.59 Å². The molecule has 2 aromatic heterocycles. The van der Waals surface area contributed by atoms with E-state index in [0.29, 0.717) is 22.0 Å². The van der Waals surface area contributed by atoms with E-state index in [1.807, 2.05) is 30.3 Å². The zero-order chi connectivity index (χ0) is 18.7. The molecule has 0 radical (unpaired) electrons. The van der Waals surface area contributed by atoms with Crippen LogP contribution in [0.1, 0.15) is 32.4 Å². The van der Waals surface area contributed by atoms with Gasteiger partial charge in [-0.05, 0) is 20.8 Å². The Kier molecular flexibility index (Phi) is 5.13. The highest BCUT2D eigenvalue weighted by Crippen LogP contribution is 2.27. The standard InChI is InChI=1S/C18H18N4O3S/c1-10-14(12(3)25-22-10)9-15(23)20-21-17(24)16-11(2)19-18(26-16)13-7-5-4-6-8-13/h4-8H,9H2,1-3H3,(H,20,23)(H,21,24). The number of carbonyl (C=O) groups excluding carboxylic acids is 2. The number of thiazole rings is 1. The van der Waals surface area contributed by atoms with E-state index in [2.05, 4.69) is 21.0 Å². The monoisotopic (exact) mass is 370 g/mol. The second-order valence-electron chi connectivity index (χ2n) is 5.78. The summed E-state index contributed by atoms with van der Waals surface area (Å²) < 4.78 is 5.03. The number of hydrogen-bond donors (Lipinski definition) is 2. The van der Waals surface area contributed by atoms with Gasteiger partial charge in [0.1, 0.15) is 15.6 Å². The van der Waals surface area contributed by atoms with Crippen molar-refractivity contribution in [3.05, 3.63) is 57.9 Å². The minimum Gasteiger partial charge on any atom is -0.361 e. The maximum absolute atomic E-state index is 12.4. The van der Waals surface area contributed by atoms with Crippen molar-refractivity contribution in [1.29, 1.82) is 0 Å². The lowest BCUT2D eigenvalue weighted by Crippen LogP contribution is -2.42. The van der Waals surface area contributed by atoms with Gasteiger partial charge in [-0.25, -0.2) is 4.98 Å². The largest absolute Gasteiger partial charge is 0.361 e. The maximum Gasteiger partial charge on any atom is 0.281 e. The van der Waals surface area contributed by atoms with Gasteiger partial charge in [-0.1, -0.05) is 35.5 Å². The molecule has 7 nitrogen and oxygen atoms in total. The predicted octanol–water partition coefficient (Wildman–Crippen LogP) is 2.73. The van der Waals surface area contributed by atoms with Gasteiger partial charge in [0.2, 0.25) is 5.91 Å². The summed E-state index contributed by atoms with van der Waals surface area (Å²) in [5.41, 5.74) is 7.80. The molecule has 0 bridgehead atoms. The molecule has 0 aliphatic carbocycles. The van der Waals surface area contributed by atoms with Gasteiger partial charge in [0.25, 0.3) is 5.91 Å². The molecule has 0 aliphatic rings. The van der Waals surface area contributed by atoms with E-state index in [4.69, 9.17) is 4.52 Å². The Morgan fingerprint density at radius 3 is 2.46 bits per heavy atom. The zero-order valence-corrected chi connectivity index (χ0v) is 15.4. The highest BCUT2D eigenvalue weighted by Gasteiger charge is 2.18. The Morgan fingerprint density at radius 2 is 1.81 bits per heavy atom. The molecule has 134 valence electrons. The van der Waals surface area contributed by atoms with Crippen LogP contribution in [0.5, 0.6) is 0 Å². The molecular formula is C18H18N4O3S. The molecule has 2 heterocycles. The summed E-state index contributed by atoms with van der Waals surface area (Å²) in [6, 6.07) is 9.63. The zero-order valence-electron chi connectivity index (χ0n) is 14.6. The van der Waals surface area contributed by atoms with Gasteiger partial charge in [0.05, 0.1) is 17.8 Å². The molecule has 2 N–H and O–H groups in total.